The van der Waals surface area contributed by atoms with Crippen LogP contribution in [0.25, 0.3) is 0 Å². The Morgan fingerprint density at radius 2 is 1.72 bits per heavy atom. The summed E-state index contributed by atoms with van der Waals surface area (Å²) < 4.78 is 5.15. The number of carbonyl (C=O) groups is 2. The predicted molar refractivity (Wildman–Crippen MR) is 95.5 cm³/mol. The summed E-state index contributed by atoms with van der Waals surface area (Å²) in [5, 5.41) is 0.695. The Balaban J connectivity index is 1.52. The van der Waals surface area contributed by atoms with Gasteiger partial charge in [0.25, 0.3) is 5.91 Å². The van der Waals surface area contributed by atoms with Gasteiger partial charge in [0.05, 0.1) is 6.26 Å². The van der Waals surface area contributed by atoms with Gasteiger partial charge in [-0.3, -0.25) is 9.59 Å². The van der Waals surface area contributed by atoms with Gasteiger partial charge in [0, 0.05) is 37.1 Å². The number of halogens is 1. The first kappa shape index (κ1) is 17.5. The third kappa shape index (κ3) is 4.23. The average Bonchev–Trinajstić information content (AvgIpc) is 3.17. The Morgan fingerprint density at radius 3 is 2.32 bits per heavy atom. The van der Waals surface area contributed by atoms with Crippen molar-refractivity contribution in [2.24, 2.45) is 5.92 Å². The van der Waals surface area contributed by atoms with Crippen LogP contribution in [0.2, 0.25) is 5.02 Å². The fourth-order valence-corrected chi connectivity index (χ4v) is 3.19. The molecule has 1 unspecified atom stereocenters. The molecule has 25 heavy (non-hydrogen) atoms. The van der Waals surface area contributed by atoms with Gasteiger partial charge in [-0.25, -0.2) is 0 Å². The largest absolute Gasteiger partial charge is 0.459 e. The van der Waals surface area contributed by atoms with E-state index in [-0.39, 0.29) is 17.7 Å². The molecule has 6 heteroatoms. The summed E-state index contributed by atoms with van der Waals surface area (Å²) in [4.78, 5) is 28.5. The Bertz CT molecular complexity index is 720. The number of hydrogen-bond donors (Lipinski definition) is 0. The van der Waals surface area contributed by atoms with E-state index < -0.39 is 0 Å². The van der Waals surface area contributed by atoms with Crippen LogP contribution >= 0.6 is 11.6 Å². The Kier molecular flexibility index (Phi) is 5.43. The first-order chi connectivity index (χ1) is 12.0. The second-order valence-corrected chi connectivity index (χ2v) is 6.76. The minimum Gasteiger partial charge on any atom is -0.459 e. The maximum absolute atomic E-state index is 12.7. The highest BCUT2D eigenvalue weighted by Crippen LogP contribution is 2.16. The van der Waals surface area contributed by atoms with Crippen molar-refractivity contribution < 1.29 is 14.0 Å². The van der Waals surface area contributed by atoms with Gasteiger partial charge in [-0.1, -0.05) is 30.7 Å². The molecular weight excluding hydrogens is 340 g/mol. The molecule has 0 aliphatic carbocycles. The molecule has 1 aliphatic rings. The van der Waals surface area contributed by atoms with Crippen LogP contribution in [0, 0.1) is 5.92 Å². The molecule has 0 N–H and O–H groups in total. The lowest BCUT2D eigenvalue weighted by Gasteiger charge is -2.35. The number of benzene rings is 1. The first-order valence-corrected chi connectivity index (χ1v) is 8.78. The Hall–Kier alpha value is -2.27. The van der Waals surface area contributed by atoms with Crippen LogP contribution in [0.4, 0.5) is 0 Å². The normalized spacial score (nSPS) is 15.9. The molecule has 1 atom stereocenters. The van der Waals surface area contributed by atoms with Gasteiger partial charge in [-0.05, 0) is 36.2 Å². The molecule has 1 aromatic heterocycles. The van der Waals surface area contributed by atoms with E-state index in [1.807, 2.05) is 36.1 Å². The van der Waals surface area contributed by atoms with Crippen molar-refractivity contribution in [2.75, 3.05) is 26.2 Å². The number of carbonyl (C=O) groups excluding carboxylic acids is 2. The molecule has 2 aromatic rings. The summed E-state index contributed by atoms with van der Waals surface area (Å²) in [6, 6.07) is 10.9. The molecule has 0 radical (unpaired) electrons. The maximum atomic E-state index is 12.7. The summed E-state index contributed by atoms with van der Waals surface area (Å²) in [7, 11) is 0. The minimum absolute atomic E-state index is 0.103. The summed E-state index contributed by atoms with van der Waals surface area (Å²) >= 11 is 5.89. The van der Waals surface area contributed by atoms with Crippen molar-refractivity contribution in [1.29, 1.82) is 0 Å². The number of amides is 2. The zero-order chi connectivity index (χ0) is 17.8. The second-order valence-electron chi connectivity index (χ2n) is 6.33. The molecule has 5 nitrogen and oxygen atoms in total. The number of furan rings is 1. The van der Waals surface area contributed by atoms with E-state index in [9.17, 15) is 9.59 Å². The van der Waals surface area contributed by atoms with Crippen LogP contribution in [0.1, 0.15) is 23.0 Å². The van der Waals surface area contributed by atoms with Crippen molar-refractivity contribution in [2.45, 2.75) is 13.3 Å². The third-order valence-corrected chi connectivity index (χ3v) is 4.74. The highest BCUT2D eigenvalue weighted by molar-refractivity contribution is 6.30. The van der Waals surface area contributed by atoms with Crippen molar-refractivity contribution in [3.05, 3.63) is 59.0 Å². The molecule has 0 saturated carbocycles. The van der Waals surface area contributed by atoms with Crippen LogP contribution < -0.4 is 0 Å². The van der Waals surface area contributed by atoms with Gasteiger partial charge in [0.1, 0.15) is 0 Å². The molecular formula is C19H21ClN2O3. The second kappa shape index (κ2) is 7.74. The lowest BCUT2D eigenvalue weighted by molar-refractivity contribution is -0.136. The SMILES string of the molecule is CC(Cc1ccc(Cl)cc1)C(=O)N1CCN(C(=O)c2ccco2)CC1. The van der Waals surface area contributed by atoms with E-state index in [2.05, 4.69) is 0 Å². The molecule has 2 amide bonds. The molecule has 132 valence electrons. The quantitative estimate of drug-likeness (QED) is 0.841. The van der Waals surface area contributed by atoms with E-state index in [1.54, 1.807) is 17.0 Å². The lowest BCUT2D eigenvalue weighted by atomic mass is 9.99. The Labute approximate surface area is 152 Å². The lowest BCUT2D eigenvalue weighted by Crippen LogP contribution is -2.51. The summed E-state index contributed by atoms with van der Waals surface area (Å²) in [6.45, 7) is 4.10. The fraction of sp³-hybridized carbons (Fsp3) is 0.368. The molecule has 2 heterocycles. The molecule has 1 aliphatic heterocycles. The Morgan fingerprint density at radius 1 is 1.08 bits per heavy atom. The zero-order valence-electron chi connectivity index (χ0n) is 14.2. The summed E-state index contributed by atoms with van der Waals surface area (Å²) in [6.07, 6.45) is 2.17. The van der Waals surface area contributed by atoms with Crippen molar-refractivity contribution >= 4 is 23.4 Å². The molecule has 3 rings (SSSR count). The number of piperazine rings is 1. The van der Waals surface area contributed by atoms with Crippen LogP contribution in [-0.2, 0) is 11.2 Å². The highest BCUT2D eigenvalue weighted by atomic mass is 35.5. The van der Waals surface area contributed by atoms with Gasteiger partial charge >= 0.3 is 0 Å². The molecule has 1 aromatic carbocycles. The zero-order valence-corrected chi connectivity index (χ0v) is 14.9. The smallest absolute Gasteiger partial charge is 0.289 e. The molecule has 0 spiro atoms. The summed E-state index contributed by atoms with van der Waals surface area (Å²) in [5.41, 5.74) is 1.09. The average molecular weight is 361 g/mol. The molecule has 0 bridgehead atoms. The van der Waals surface area contributed by atoms with Gasteiger partial charge in [-0.15, -0.1) is 0 Å². The number of rotatable bonds is 4. The summed E-state index contributed by atoms with van der Waals surface area (Å²) in [5.74, 6) is 0.246. The number of hydrogen-bond acceptors (Lipinski definition) is 3. The monoisotopic (exact) mass is 360 g/mol. The highest BCUT2D eigenvalue weighted by Gasteiger charge is 2.28. The van der Waals surface area contributed by atoms with Crippen molar-refractivity contribution in [3.8, 4) is 0 Å². The van der Waals surface area contributed by atoms with E-state index in [4.69, 9.17) is 16.0 Å². The van der Waals surface area contributed by atoms with Crippen molar-refractivity contribution in [1.82, 2.24) is 9.80 Å². The molecule has 1 fully saturated rings. The van der Waals surface area contributed by atoms with E-state index >= 15 is 0 Å². The molecule has 1 saturated heterocycles. The van der Waals surface area contributed by atoms with Gasteiger partial charge in [0.2, 0.25) is 5.91 Å². The van der Waals surface area contributed by atoms with Crippen LogP contribution in [0.3, 0.4) is 0 Å². The van der Waals surface area contributed by atoms with Crippen LogP contribution in [-0.4, -0.2) is 47.8 Å². The minimum atomic E-state index is -0.119. The first-order valence-electron chi connectivity index (χ1n) is 8.40. The standard InChI is InChI=1S/C19H21ClN2O3/c1-14(13-15-4-6-16(20)7-5-15)18(23)21-8-10-22(11-9-21)19(24)17-3-2-12-25-17/h2-7,12,14H,8-11,13H2,1H3. The van der Waals surface area contributed by atoms with Crippen molar-refractivity contribution in [3.63, 3.8) is 0 Å². The van der Waals surface area contributed by atoms with E-state index in [0.717, 1.165) is 5.56 Å². The van der Waals surface area contributed by atoms with Gasteiger partial charge in [-0.2, -0.15) is 0 Å². The van der Waals surface area contributed by atoms with Crippen LogP contribution in [0.5, 0.6) is 0 Å². The number of nitrogens with zero attached hydrogens (tertiary/aromatic N) is 2. The van der Waals surface area contributed by atoms with Gasteiger partial charge in [0.15, 0.2) is 5.76 Å². The van der Waals surface area contributed by atoms with Gasteiger partial charge < -0.3 is 14.2 Å². The van der Waals surface area contributed by atoms with E-state index in [1.165, 1.54) is 6.26 Å². The third-order valence-electron chi connectivity index (χ3n) is 4.49. The van der Waals surface area contributed by atoms with Crippen LogP contribution in [0.15, 0.2) is 47.1 Å². The topological polar surface area (TPSA) is 53.8 Å². The fourth-order valence-electron chi connectivity index (χ4n) is 3.06. The predicted octanol–water partition coefficient (Wildman–Crippen LogP) is 3.10. The van der Waals surface area contributed by atoms with E-state index in [0.29, 0.717) is 43.4 Å². The maximum Gasteiger partial charge on any atom is 0.289 e.